The van der Waals surface area contributed by atoms with E-state index in [2.05, 4.69) is 22.8 Å². The molecule has 1 aliphatic rings. The van der Waals surface area contributed by atoms with Crippen LogP contribution in [-0.4, -0.2) is 29.5 Å². The SMILES string of the molecule is CCNC(=O)NCc1ccc([C@H]2O[C@@H](CSc3ccccc3)C[C@@H](c3ccc(CO)cc3)O2)cc1. The first kappa shape index (κ1) is 25.3. The van der Waals surface area contributed by atoms with Crippen molar-refractivity contribution in [1.29, 1.82) is 0 Å². The fraction of sp³-hybridized carbons (Fsp3) is 0.321. The summed E-state index contributed by atoms with van der Waals surface area (Å²) in [6.07, 6.45) is 0.170. The average molecular weight is 493 g/mol. The van der Waals surface area contributed by atoms with Gasteiger partial charge in [-0.25, -0.2) is 4.79 Å². The summed E-state index contributed by atoms with van der Waals surface area (Å²) in [6, 6.07) is 26.1. The molecular weight excluding hydrogens is 460 g/mol. The van der Waals surface area contributed by atoms with Crippen LogP contribution < -0.4 is 10.6 Å². The molecule has 2 amide bonds. The topological polar surface area (TPSA) is 79.8 Å². The Morgan fingerprint density at radius 1 is 0.914 bits per heavy atom. The minimum absolute atomic E-state index is 0.0144. The summed E-state index contributed by atoms with van der Waals surface area (Å²) < 4.78 is 12.8. The second-order valence-electron chi connectivity index (χ2n) is 8.43. The van der Waals surface area contributed by atoms with E-state index in [9.17, 15) is 9.90 Å². The first-order valence-corrected chi connectivity index (χ1v) is 12.9. The zero-order valence-electron chi connectivity index (χ0n) is 19.9. The van der Waals surface area contributed by atoms with Gasteiger partial charge in [-0.2, -0.15) is 0 Å². The van der Waals surface area contributed by atoms with Crippen molar-refractivity contribution in [1.82, 2.24) is 10.6 Å². The molecule has 184 valence electrons. The molecular formula is C28H32N2O4S. The van der Waals surface area contributed by atoms with Crippen LogP contribution in [-0.2, 0) is 22.6 Å². The summed E-state index contributed by atoms with van der Waals surface area (Å²) in [6.45, 7) is 2.96. The number of ether oxygens (including phenoxy) is 2. The molecule has 4 rings (SSSR count). The molecule has 3 aromatic carbocycles. The maximum atomic E-state index is 11.7. The number of nitrogens with one attached hydrogen (secondary N) is 2. The lowest BCUT2D eigenvalue weighted by molar-refractivity contribution is -0.245. The number of carbonyl (C=O) groups is 1. The Labute approximate surface area is 211 Å². The van der Waals surface area contributed by atoms with E-state index in [1.807, 2.05) is 73.7 Å². The molecule has 35 heavy (non-hydrogen) atoms. The lowest BCUT2D eigenvalue weighted by Crippen LogP contribution is -2.34. The van der Waals surface area contributed by atoms with E-state index in [0.29, 0.717) is 13.1 Å². The zero-order chi connectivity index (χ0) is 24.5. The van der Waals surface area contributed by atoms with Gasteiger partial charge in [0.25, 0.3) is 0 Å². The van der Waals surface area contributed by atoms with Crippen LogP contribution in [0.3, 0.4) is 0 Å². The highest BCUT2D eigenvalue weighted by Gasteiger charge is 2.32. The third kappa shape index (κ3) is 7.32. The minimum atomic E-state index is -0.488. The van der Waals surface area contributed by atoms with Crippen molar-refractivity contribution in [3.8, 4) is 0 Å². The highest BCUT2D eigenvalue weighted by atomic mass is 32.2. The first-order chi connectivity index (χ1) is 17.1. The van der Waals surface area contributed by atoms with Gasteiger partial charge in [0.1, 0.15) is 0 Å². The van der Waals surface area contributed by atoms with Gasteiger partial charge in [-0.1, -0.05) is 66.7 Å². The van der Waals surface area contributed by atoms with Crippen LogP contribution >= 0.6 is 11.8 Å². The van der Waals surface area contributed by atoms with E-state index in [1.165, 1.54) is 4.90 Å². The lowest BCUT2D eigenvalue weighted by Gasteiger charge is -2.36. The monoisotopic (exact) mass is 492 g/mol. The number of thioether (sulfide) groups is 1. The molecule has 6 nitrogen and oxygen atoms in total. The van der Waals surface area contributed by atoms with Crippen molar-refractivity contribution >= 4 is 17.8 Å². The van der Waals surface area contributed by atoms with E-state index in [4.69, 9.17) is 9.47 Å². The van der Waals surface area contributed by atoms with Crippen molar-refractivity contribution in [3.05, 3.63) is 101 Å². The highest BCUT2D eigenvalue weighted by Crippen LogP contribution is 2.39. The summed E-state index contributed by atoms with van der Waals surface area (Å²) in [7, 11) is 0. The maximum Gasteiger partial charge on any atom is 0.315 e. The molecule has 3 aromatic rings. The number of carbonyl (C=O) groups excluding carboxylic acids is 1. The molecule has 0 unspecified atom stereocenters. The predicted molar refractivity (Wildman–Crippen MR) is 138 cm³/mol. The molecule has 3 N–H and O–H groups in total. The number of benzene rings is 3. The van der Waals surface area contributed by atoms with Crippen LogP contribution in [0.5, 0.6) is 0 Å². The van der Waals surface area contributed by atoms with Crippen molar-refractivity contribution < 1.29 is 19.4 Å². The van der Waals surface area contributed by atoms with Gasteiger partial charge in [-0.05, 0) is 35.7 Å². The van der Waals surface area contributed by atoms with Crippen LogP contribution in [0.1, 0.15) is 48.0 Å². The van der Waals surface area contributed by atoms with E-state index in [1.54, 1.807) is 11.8 Å². The van der Waals surface area contributed by atoms with Gasteiger partial charge in [0.2, 0.25) is 0 Å². The largest absolute Gasteiger partial charge is 0.392 e. The van der Waals surface area contributed by atoms with Crippen LogP contribution in [0, 0.1) is 0 Å². The third-order valence-corrected chi connectivity index (χ3v) is 6.98. The first-order valence-electron chi connectivity index (χ1n) is 11.9. The van der Waals surface area contributed by atoms with E-state index in [0.717, 1.165) is 34.4 Å². The number of rotatable bonds is 9. The van der Waals surface area contributed by atoms with Crippen LogP contribution in [0.2, 0.25) is 0 Å². The number of aliphatic hydroxyl groups is 1. The van der Waals surface area contributed by atoms with Gasteiger partial charge in [-0.15, -0.1) is 11.8 Å². The Kier molecular flexibility index (Phi) is 9.20. The summed E-state index contributed by atoms with van der Waals surface area (Å²) in [5.41, 5.74) is 3.90. The van der Waals surface area contributed by atoms with Gasteiger partial charge < -0.3 is 25.2 Å². The van der Waals surface area contributed by atoms with Crippen LogP contribution in [0.4, 0.5) is 4.79 Å². The smallest absolute Gasteiger partial charge is 0.315 e. The van der Waals surface area contributed by atoms with Crippen molar-refractivity contribution in [2.45, 2.75) is 49.9 Å². The minimum Gasteiger partial charge on any atom is -0.392 e. The van der Waals surface area contributed by atoms with Crippen molar-refractivity contribution in [3.63, 3.8) is 0 Å². The number of amides is 2. The molecule has 0 aliphatic carbocycles. The van der Waals surface area contributed by atoms with E-state index >= 15 is 0 Å². The second-order valence-corrected chi connectivity index (χ2v) is 9.52. The van der Waals surface area contributed by atoms with Gasteiger partial charge in [0.15, 0.2) is 6.29 Å². The highest BCUT2D eigenvalue weighted by molar-refractivity contribution is 7.99. The number of hydrogen-bond acceptors (Lipinski definition) is 5. The van der Waals surface area contributed by atoms with Crippen LogP contribution in [0.15, 0.2) is 83.8 Å². The predicted octanol–water partition coefficient (Wildman–Crippen LogP) is 5.34. The normalized spacial score (nSPS) is 19.8. The Bertz CT molecular complexity index is 1060. The summed E-state index contributed by atoms with van der Waals surface area (Å²) >= 11 is 1.78. The quantitative estimate of drug-likeness (QED) is 0.352. The van der Waals surface area contributed by atoms with Crippen molar-refractivity contribution in [2.75, 3.05) is 12.3 Å². The molecule has 1 aliphatic heterocycles. The fourth-order valence-corrected chi connectivity index (χ4v) is 4.87. The van der Waals surface area contributed by atoms with Gasteiger partial charge in [0.05, 0.1) is 18.8 Å². The number of aliphatic hydroxyl groups excluding tert-OH is 1. The molecule has 7 heteroatoms. The van der Waals surface area contributed by atoms with Crippen molar-refractivity contribution in [2.24, 2.45) is 0 Å². The van der Waals surface area contributed by atoms with E-state index in [-0.39, 0.29) is 24.8 Å². The Balaban J connectivity index is 1.46. The maximum absolute atomic E-state index is 11.7. The fourth-order valence-electron chi connectivity index (χ4n) is 3.93. The van der Waals surface area contributed by atoms with Gasteiger partial charge in [-0.3, -0.25) is 0 Å². The number of urea groups is 1. The lowest BCUT2D eigenvalue weighted by atomic mass is 10.0. The molecule has 1 saturated heterocycles. The standard InChI is InChI=1S/C28H32N2O4S/c1-2-29-28(32)30-17-20-8-14-23(15-9-20)27-33-24(19-35-25-6-4-3-5-7-25)16-26(34-27)22-12-10-21(18-31)11-13-22/h3-15,24,26-27,31H,2,16-19H2,1H3,(H2,29,30,32)/t24-,26+,27+/m1/s1. The second kappa shape index (κ2) is 12.7. The van der Waals surface area contributed by atoms with Crippen LogP contribution in [0.25, 0.3) is 0 Å². The average Bonchev–Trinajstić information content (AvgIpc) is 2.92. The van der Waals surface area contributed by atoms with E-state index < -0.39 is 6.29 Å². The summed E-state index contributed by atoms with van der Waals surface area (Å²) in [4.78, 5) is 12.9. The Hall–Kier alpha value is -2.84. The number of hydrogen-bond donors (Lipinski definition) is 3. The summed E-state index contributed by atoms with van der Waals surface area (Å²) in [5.74, 6) is 0.823. The molecule has 0 spiro atoms. The van der Waals surface area contributed by atoms with Gasteiger partial charge >= 0.3 is 6.03 Å². The molecule has 0 aromatic heterocycles. The Morgan fingerprint density at radius 2 is 1.60 bits per heavy atom. The van der Waals surface area contributed by atoms with Gasteiger partial charge in [0, 0.05) is 35.7 Å². The third-order valence-electron chi connectivity index (χ3n) is 5.84. The molecule has 1 fully saturated rings. The molecule has 0 radical (unpaired) electrons. The molecule has 3 atom stereocenters. The molecule has 1 heterocycles. The zero-order valence-corrected chi connectivity index (χ0v) is 20.7. The summed E-state index contributed by atoms with van der Waals surface area (Å²) in [5, 5.41) is 15.0. The molecule has 0 saturated carbocycles. The molecule has 0 bridgehead atoms. The Morgan fingerprint density at radius 3 is 2.29 bits per heavy atom.